The van der Waals surface area contributed by atoms with Gasteiger partial charge >= 0.3 is 0 Å². The molecule has 1 fully saturated rings. The summed E-state index contributed by atoms with van der Waals surface area (Å²) < 4.78 is 26.2. The van der Waals surface area contributed by atoms with Crippen LogP contribution < -0.4 is 4.90 Å². The maximum absolute atomic E-state index is 13.1. The highest BCUT2D eigenvalue weighted by Gasteiger charge is 2.34. The number of piperidine rings is 1. The van der Waals surface area contributed by atoms with Crippen molar-refractivity contribution in [3.05, 3.63) is 33.9 Å². The molecule has 1 aromatic rings. The lowest BCUT2D eigenvalue weighted by molar-refractivity contribution is -0.384. The van der Waals surface area contributed by atoms with Gasteiger partial charge in [0.1, 0.15) is 0 Å². The second-order valence-electron chi connectivity index (χ2n) is 4.46. The molecule has 0 unspecified atom stereocenters. The summed E-state index contributed by atoms with van der Waals surface area (Å²) in [6, 6.07) is 3.83. The Bertz CT molecular complexity index is 510. The minimum absolute atomic E-state index is 0.0784. The Balaban J connectivity index is 2.30. The van der Waals surface area contributed by atoms with Crippen LogP contribution in [-0.2, 0) is 0 Å². The Hall–Kier alpha value is -2.05. The van der Waals surface area contributed by atoms with Crippen LogP contribution in [0, 0.1) is 10.1 Å². The highest BCUT2D eigenvalue weighted by molar-refractivity contribution is 5.85. The van der Waals surface area contributed by atoms with Crippen molar-refractivity contribution in [3.63, 3.8) is 0 Å². The van der Waals surface area contributed by atoms with Gasteiger partial charge in [-0.2, -0.15) is 0 Å². The van der Waals surface area contributed by atoms with Crippen LogP contribution in [0.3, 0.4) is 0 Å². The van der Waals surface area contributed by atoms with Gasteiger partial charge in [0.2, 0.25) is 0 Å². The monoisotopic (exact) mass is 270 g/mol. The van der Waals surface area contributed by atoms with Crippen LogP contribution in [0.1, 0.15) is 23.2 Å². The first-order chi connectivity index (χ1) is 8.93. The standard InChI is InChI=1S/C12H12F2N2O3/c13-12(14)3-5-15(6-4-12)11-7-10(16(18)19)2-1-9(11)8-17/h1-2,7-8H,3-6H2. The average molecular weight is 270 g/mol. The fraction of sp³-hybridized carbons (Fsp3) is 0.417. The molecule has 1 aromatic carbocycles. The van der Waals surface area contributed by atoms with Gasteiger partial charge in [0.05, 0.1) is 10.6 Å². The van der Waals surface area contributed by atoms with Gasteiger partial charge < -0.3 is 4.90 Å². The van der Waals surface area contributed by atoms with Crippen molar-refractivity contribution in [2.24, 2.45) is 0 Å². The lowest BCUT2D eigenvalue weighted by Crippen LogP contribution is -2.39. The van der Waals surface area contributed by atoms with Crippen molar-refractivity contribution in [3.8, 4) is 0 Å². The maximum atomic E-state index is 13.1. The third kappa shape index (κ3) is 2.86. The second-order valence-corrected chi connectivity index (χ2v) is 4.46. The summed E-state index contributed by atoms with van der Waals surface area (Å²) in [5, 5.41) is 10.7. The fourth-order valence-corrected chi connectivity index (χ4v) is 2.09. The number of nitro groups is 1. The van der Waals surface area contributed by atoms with Crippen LogP contribution in [0.15, 0.2) is 18.2 Å². The molecule has 0 aromatic heterocycles. The smallest absolute Gasteiger partial charge is 0.271 e. The number of anilines is 1. The molecular weight excluding hydrogens is 258 g/mol. The van der Waals surface area contributed by atoms with Crippen molar-refractivity contribution in [2.75, 3.05) is 18.0 Å². The van der Waals surface area contributed by atoms with Gasteiger partial charge in [0.25, 0.3) is 11.6 Å². The van der Waals surface area contributed by atoms with E-state index < -0.39 is 10.8 Å². The Morgan fingerprint density at radius 1 is 1.32 bits per heavy atom. The first-order valence-corrected chi connectivity index (χ1v) is 5.79. The first-order valence-electron chi connectivity index (χ1n) is 5.79. The Morgan fingerprint density at radius 2 is 1.95 bits per heavy atom. The molecule has 0 atom stereocenters. The van der Waals surface area contributed by atoms with Crippen molar-refractivity contribution >= 4 is 17.7 Å². The fourth-order valence-electron chi connectivity index (χ4n) is 2.09. The molecule has 1 heterocycles. The number of hydrogen-bond acceptors (Lipinski definition) is 4. The van der Waals surface area contributed by atoms with E-state index in [-0.39, 0.29) is 37.2 Å². The molecule has 0 bridgehead atoms. The second kappa shape index (κ2) is 4.91. The van der Waals surface area contributed by atoms with E-state index >= 15 is 0 Å². The van der Waals surface area contributed by atoms with Crippen LogP contribution in [0.25, 0.3) is 0 Å². The van der Waals surface area contributed by atoms with E-state index in [0.717, 1.165) is 0 Å². The number of nitrogens with zero attached hydrogens (tertiary/aromatic N) is 2. The predicted molar refractivity (Wildman–Crippen MR) is 64.9 cm³/mol. The van der Waals surface area contributed by atoms with Crippen LogP contribution in [0.2, 0.25) is 0 Å². The van der Waals surface area contributed by atoms with E-state index in [1.54, 1.807) is 4.90 Å². The summed E-state index contributed by atoms with van der Waals surface area (Å²) >= 11 is 0. The molecule has 0 saturated carbocycles. The SMILES string of the molecule is O=Cc1ccc([N+](=O)[O-])cc1N1CCC(F)(F)CC1. The zero-order valence-corrected chi connectivity index (χ0v) is 10.0. The molecular formula is C12H12F2N2O3. The van der Waals surface area contributed by atoms with Gasteiger partial charge in [0, 0.05) is 43.6 Å². The Kier molecular flexibility index (Phi) is 3.46. The van der Waals surface area contributed by atoms with E-state index in [2.05, 4.69) is 0 Å². The van der Waals surface area contributed by atoms with E-state index in [1.165, 1.54) is 18.2 Å². The van der Waals surface area contributed by atoms with Gasteiger partial charge in [-0.05, 0) is 6.07 Å². The topological polar surface area (TPSA) is 63.4 Å². The number of carbonyl (C=O) groups is 1. The van der Waals surface area contributed by atoms with Gasteiger partial charge in [-0.1, -0.05) is 0 Å². The van der Waals surface area contributed by atoms with Crippen LogP contribution in [-0.4, -0.2) is 30.2 Å². The molecule has 1 aliphatic rings. The first kappa shape index (κ1) is 13.4. The van der Waals surface area contributed by atoms with Crippen molar-refractivity contribution < 1.29 is 18.5 Å². The van der Waals surface area contributed by atoms with E-state index in [9.17, 15) is 23.7 Å². The molecule has 19 heavy (non-hydrogen) atoms. The van der Waals surface area contributed by atoms with Crippen LogP contribution in [0.5, 0.6) is 0 Å². The molecule has 0 aliphatic carbocycles. The Labute approximate surface area is 108 Å². The molecule has 0 radical (unpaired) electrons. The zero-order valence-electron chi connectivity index (χ0n) is 10.0. The summed E-state index contributed by atoms with van der Waals surface area (Å²) in [4.78, 5) is 22.7. The van der Waals surface area contributed by atoms with Crippen LogP contribution in [0.4, 0.5) is 20.2 Å². The average Bonchev–Trinajstić information content (AvgIpc) is 2.38. The number of non-ortho nitro benzene ring substituents is 1. The third-order valence-electron chi connectivity index (χ3n) is 3.19. The number of alkyl halides is 2. The predicted octanol–water partition coefficient (Wildman–Crippen LogP) is 2.64. The summed E-state index contributed by atoms with van der Waals surface area (Å²) in [5.74, 6) is -2.70. The third-order valence-corrected chi connectivity index (χ3v) is 3.19. The number of rotatable bonds is 3. The molecule has 5 nitrogen and oxygen atoms in total. The normalized spacial score (nSPS) is 18.1. The molecule has 102 valence electrons. The zero-order chi connectivity index (χ0) is 14.0. The number of benzene rings is 1. The van der Waals surface area contributed by atoms with E-state index in [1.807, 2.05) is 0 Å². The van der Waals surface area contributed by atoms with Gasteiger partial charge in [0.15, 0.2) is 6.29 Å². The van der Waals surface area contributed by atoms with E-state index in [0.29, 0.717) is 12.0 Å². The lowest BCUT2D eigenvalue weighted by Gasteiger charge is -2.33. The minimum atomic E-state index is -2.70. The largest absolute Gasteiger partial charge is 0.370 e. The molecule has 0 spiro atoms. The molecule has 1 aliphatic heterocycles. The Morgan fingerprint density at radius 3 is 2.47 bits per heavy atom. The number of aldehydes is 1. The highest BCUT2D eigenvalue weighted by Crippen LogP contribution is 2.33. The van der Waals surface area contributed by atoms with Gasteiger partial charge in [-0.25, -0.2) is 8.78 Å². The molecule has 0 N–H and O–H groups in total. The summed E-state index contributed by atoms with van der Waals surface area (Å²) in [6.07, 6.45) is -0.0478. The summed E-state index contributed by atoms with van der Waals surface area (Å²) in [5.41, 5.74) is 0.466. The van der Waals surface area contributed by atoms with Crippen LogP contribution >= 0.6 is 0 Å². The maximum Gasteiger partial charge on any atom is 0.271 e. The molecule has 0 amide bonds. The highest BCUT2D eigenvalue weighted by atomic mass is 19.3. The number of carbonyl (C=O) groups excluding carboxylic acids is 1. The lowest BCUT2D eigenvalue weighted by atomic mass is 10.0. The quantitative estimate of drug-likeness (QED) is 0.481. The van der Waals surface area contributed by atoms with Crippen molar-refractivity contribution in [2.45, 2.75) is 18.8 Å². The minimum Gasteiger partial charge on any atom is -0.370 e. The van der Waals surface area contributed by atoms with Crippen molar-refractivity contribution in [1.82, 2.24) is 0 Å². The molecule has 7 heteroatoms. The number of halogens is 2. The van der Waals surface area contributed by atoms with Crippen molar-refractivity contribution in [1.29, 1.82) is 0 Å². The molecule has 1 saturated heterocycles. The van der Waals surface area contributed by atoms with Gasteiger partial charge in [-0.15, -0.1) is 0 Å². The number of nitro benzene ring substituents is 1. The molecule has 2 rings (SSSR count). The summed E-state index contributed by atoms with van der Waals surface area (Å²) in [6.45, 7) is 0.157. The summed E-state index contributed by atoms with van der Waals surface area (Å²) in [7, 11) is 0. The van der Waals surface area contributed by atoms with E-state index in [4.69, 9.17) is 0 Å². The number of hydrogen-bond donors (Lipinski definition) is 0. The van der Waals surface area contributed by atoms with Gasteiger partial charge in [-0.3, -0.25) is 14.9 Å².